The second-order valence-electron chi connectivity index (χ2n) is 11.5. The Bertz CT molecular complexity index is 1750. The molecule has 1 aliphatic rings. The maximum atomic E-state index is 13.9. The minimum Gasteiger partial charge on any atom is -0.448 e. The number of amides is 2. The van der Waals surface area contributed by atoms with E-state index in [1.54, 1.807) is 30.0 Å². The summed E-state index contributed by atoms with van der Waals surface area (Å²) in [7, 11) is 0. The topological polar surface area (TPSA) is 120 Å². The monoisotopic (exact) mass is 644 g/mol. The molecule has 1 aliphatic heterocycles. The lowest BCUT2D eigenvalue weighted by Crippen LogP contribution is -2.54. The van der Waals surface area contributed by atoms with E-state index in [2.05, 4.69) is 14.9 Å². The molecule has 0 saturated carbocycles. The number of halogens is 1. The van der Waals surface area contributed by atoms with Gasteiger partial charge in [0.05, 0.1) is 23.1 Å². The van der Waals surface area contributed by atoms with Crippen molar-refractivity contribution in [2.24, 2.45) is 0 Å². The molecule has 4 aromatic rings. The molecule has 2 amide bonds. The zero-order valence-electron chi connectivity index (χ0n) is 26.2. The van der Waals surface area contributed by atoms with E-state index in [1.807, 2.05) is 61.5 Å². The molecular weight excluding hydrogens is 608 g/mol. The van der Waals surface area contributed by atoms with Crippen molar-refractivity contribution < 1.29 is 28.7 Å². The van der Waals surface area contributed by atoms with Crippen molar-refractivity contribution in [2.45, 2.75) is 71.4 Å². The summed E-state index contributed by atoms with van der Waals surface area (Å²) in [5.41, 5.74) is 4.65. The Hall–Kier alpha value is -4.70. The fourth-order valence-electron chi connectivity index (χ4n) is 5.98. The first-order valence-corrected chi connectivity index (χ1v) is 15.6. The highest BCUT2D eigenvalue weighted by molar-refractivity contribution is 6.30. The van der Waals surface area contributed by atoms with Crippen molar-refractivity contribution in [3.05, 3.63) is 100 Å². The first-order chi connectivity index (χ1) is 22.0. The molecule has 10 nitrogen and oxygen atoms in total. The van der Waals surface area contributed by atoms with Crippen LogP contribution in [0.1, 0.15) is 68.2 Å². The maximum Gasteiger partial charge on any atom is 0.303 e. The smallest absolute Gasteiger partial charge is 0.303 e. The number of carbonyl (C=O) groups is 4. The molecule has 0 spiro atoms. The number of fused-ring (bicyclic) bond motifs is 1. The Morgan fingerprint density at radius 2 is 1.65 bits per heavy atom. The number of hydrogen-bond acceptors (Lipinski definition) is 7. The van der Waals surface area contributed by atoms with Crippen LogP contribution in [0.15, 0.2) is 72.8 Å². The van der Waals surface area contributed by atoms with Crippen LogP contribution in [0.25, 0.3) is 11.0 Å². The highest BCUT2D eigenvalue weighted by atomic mass is 35.5. The molecule has 0 radical (unpaired) electrons. The van der Waals surface area contributed by atoms with Crippen molar-refractivity contribution >= 4 is 46.4 Å². The van der Waals surface area contributed by atoms with Crippen LogP contribution in [0.2, 0.25) is 5.02 Å². The van der Waals surface area contributed by atoms with Crippen LogP contribution < -0.4 is 5.32 Å². The Balaban J connectivity index is 1.33. The summed E-state index contributed by atoms with van der Waals surface area (Å²) in [5.74, 6) is -2.06. The second-order valence-corrected chi connectivity index (χ2v) is 11.9. The number of para-hydroxylation sites is 2. The molecule has 1 aromatic heterocycles. The van der Waals surface area contributed by atoms with E-state index in [-0.39, 0.29) is 6.04 Å². The molecule has 0 aliphatic carbocycles. The summed E-state index contributed by atoms with van der Waals surface area (Å²) < 4.78 is 12.9. The molecular formula is C35H37ClN4O6. The molecule has 46 heavy (non-hydrogen) atoms. The minimum absolute atomic E-state index is 0.341. The van der Waals surface area contributed by atoms with E-state index in [4.69, 9.17) is 21.1 Å². The van der Waals surface area contributed by atoms with Crippen molar-refractivity contribution in [3.63, 3.8) is 0 Å². The van der Waals surface area contributed by atoms with Gasteiger partial charge in [-0.3, -0.25) is 19.2 Å². The Morgan fingerprint density at radius 3 is 2.35 bits per heavy atom. The fourth-order valence-corrected chi connectivity index (χ4v) is 6.17. The van der Waals surface area contributed by atoms with Crippen molar-refractivity contribution in [2.75, 3.05) is 6.54 Å². The van der Waals surface area contributed by atoms with Gasteiger partial charge in [0.15, 0.2) is 0 Å². The van der Waals surface area contributed by atoms with Gasteiger partial charge in [0, 0.05) is 32.0 Å². The average molecular weight is 645 g/mol. The van der Waals surface area contributed by atoms with Gasteiger partial charge in [-0.15, -0.1) is 0 Å². The van der Waals surface area contributed by atoms with E-state index in [1.165, 1.54) is 0 Å². The van der Waals surface area contributed by atoms with Crippen LogP contribution in [-0.4, -0.2) is 57.0 Å². The highest BCUT2D eigenvalue weighted by Crippen LogP contribution is 2.34. The van der Waals surface area contributed by atoms with Crippen LogP contribution in [0.5, 0.6) is 0 Å². The normalized spacial score (nSPS) is 16.5. The SMILES string of the molecule is CC(=O)O[C@@H](C(=O)N[C@H](C)c1ccc(Cn2c(C)nc3ccccc32)cc1)[C@@H](OC(C)=O)C(=O)N1CCCC1c1cccc(Cl)c1. The van der Waals surface area contributed by atoms with Crippen molar-refractivity contribution in [3.8, 4) is 0 Å². The number of ether oxygens (including phenoxy) is 2. The van der Waals surface area contributed by atoms with E-state index in [0.29, 0.717) is 31.0 Å². The van der Waals surface area contributed by atoms with Gasteiger partial charge in [-0.25, -0.2) is 4.98 Å². The Morgan fingerprint density at radius 1 is 0.957 bits per heavy atom. The van der Waals surface area contributed by atoms with Crippen LogP contribution in [-0.2, 0) is 35.2 Å². The molecule has 5 rings (SSSR count). The summed E-state index contributed by atoms with van der Waals surface area (Å²) in [6.07, 6.45) is -2.02. The number of benzene rings is 3. The summed E-state index contributed by atoms with van der Waals surface area (Å²) in [5, 5.41) is 3.36. The van der Waals surface area contributed by atoms with Crippen LogP contribution >= 0.6 is 11.6 Å². The molecule has 1 fully saturated rings. The largest absolute Gasteiger partial charge is 0.448 e. The lowest BCUT2D eigenvalue weighted by molar-refractivity contribution is -0.178. The number of carbonyl (C=O) groups excluding carboxylic acids is 4. The predicted octanol–water partition coefficient (Wildman–Crippen LogP) is 5.45. The third-order valence-corrected chi connectivity index (χ3v) is 8.39. The summed E-state index contributed by atoms with van der Waals surface area (Å²) in [6.45, 7) is 7.03. The lowest BCUT2D eigenvalue weighted by atomic mass is 10.0. The lowest BCUT2D eigenvalue weighted by Gasteiger charge is -2.32. The minimum atomic E-state index is -1.70. The molecule has 1 unspecified atom stereocenters. The molecule has 1 saturated heterocycles. The third kappa shape index (κ3) is 7.39. The number of rotatable bonds is 10. The molecule has 1 N–H and O–H groups in total. The Labute approximate surface area is 272 Å². The molecule has 3 aromatic carbocycles. The van der Waals surface area contributed by atoms with Gasteiger partial charge >= 0.3 is 11.9 Å². The van der Waals surface area contributed by atoms with E-state index in [9.17, 15) is 19.2 Å². The number of nitrogens with zero attached hydrogens (tertiary/aromatic N) is 3. The summed E-state index contributed by atoms with van der Waals surface area (Å²) >= 11 is 6.21. The number of likely N-dealkylation sites (tertiary alicyclic amines) is 1. The average Bonchev–Trinajstić information content (AvgIpc) is 3.63. The summed E-state index contributed by atoms with van der Waals surface area (Å²) in [4.78, 5) is 58.1. The molecule has 240 valence electrons. The Kier molecular flexibility index (Phi) is 10.1. The van der Waals surface area contributed by atoms with Crippen LogP contribution in [0.3, 0.4) is 0 Å². The van der Waals surface area contributed by atoms with E-state index < -0.39 is 42.0 Å². The van der Waals surface area contributed by atoms with Crippen LogP contribution in [0.4, 0.5) is 0 Å². The quantitative estimate of drug-likeness (QED) is 0.228. The first kappa shape index (κ1) is 32.7. The second kappa shape index (κ2) is 14.2. The predicted molar refractivity (Wildman–Crippen MR) is 173 cm³/mol. The number of aryl methyl sites for hydroxylation is 1. The van der Waals surface area contributed by atoms with Gasteiger partial charge in [-0.2, -0.15) is 0 Å². The van der Waals surface area contributed by atoms with Gasteiger partial charge in [-0.05, 0) is 67.6 Å². The van der Waals surface area contributed by atoms with E-state index >= 15 is 0 Å². The zero-order valence-corrected chi connectivity index (χ0v) is 27.0. The standard InChI is InChI=1S/C35H37ClN4O6/c1-21(26-16-14-25(15-17-26)20-40-22(2)38-29-11-5-6-12-31(29)40)37-34(43)32(45-23(3)41)33(46-24(4)42)35(44)39-18-8-13-30(39)27-9-7-10-28(36)19-27/h5-7,9-12,14-17,19,21,30,32-33H,8,13,18,20H2,1-4H3,(H,37,43)/t21-,30?,32-,33-/m1/s1. The van der Waals surface area contributed by atoms with Crippen molar-refractivity contribution in [1.82, 2.24) is 19.8 Å². The maximum absolute atomic E-state index is 13.9. The molecule has 2 heterocycles. The van der Waals surface area contributed by atoms with Gasteiger partial charge < -0.3 is 24.3 Å². The fraction of sp³-hybridized carbons (Fsp3) is 0.343. The molecule has 11 heteroatoms. The van der Waals surface area contributed by atoms with Crippen LogP contribution in [0, 0.1) is 6.92 Å². The molecule has 0 bridgehead atoms. The number of nitrogens with one attached hydrogen (secondary N) is 1. The zero-order chi connectivity index (χ0) is 33.0. The van der Waals surface area contributed by atoms with Gasteiger partial charge in [-0.1, -0.05) is 60.1 Å². The van der Waals surface area contributed by atoms with E-state index in [0.717, 1.165) is 47.4 Å². The number of aromatic nitrogens is 2. The number of esters is 2. The highest BCUT2D eigenvalue weighted by Gasteiger charge is 2.44. The number of hydrogen-bond donors (Lipinski definition) is 1. The third-order valence-electron chi connectivity index (χ3n) is 8.16. The number of imidazole rings is 1. The van der Waals surface area contributed by atoms with Gasteiger partial charge in [0.25, 0.3) is 11.8 Å². The van der Waals surface area contributed by atoms with Crippen molar-refractivity contribution in [1.29, 1.82) is 0 Å². The van der Waals surface area contributed by atoms with Gasteiger partial charge in [0.1, 0.15) is 5.82 Å². The van der Waals surface area contributed by atoms with Gasteiger partial charge in [0.2, 0.25) is 12.2 Å². The first-order valence-electron chi connectivity index (χ1n) is 15.2. The summed E-state index contributed by atoms with van der Waals surface area (Å²) in [6, 6.07) is 22.1. The molecule has 4 atom stereocenters.